The van der Waals surface area contributed by atoms with Crippen LogP contribution < -0.4 is 4.74 Å². The molecule has 142 valence electrons. The fraction of sp³-hybridized carbons (Fsp3) is 0.280. The lowest BCUT2D eigenvalue weighted by atomic mass is 9.84. The first kappa shape index (κ1) is 17.8. The minimum atomic E-state index is 0.236. The maximum Gasteiger partial charge on any atom is 0.142 e. The van der Waals surface area contributed by atoms with Gasteiger partial charge in [0, 0.05) is 17.8 Å². The van der Waals surface area contributed by atoms with Gasteiger partial charge in [-0.15, -0.1) is 11.8 Å². The smallest absolute Gasteiger partial charge is 0.142 e. The third kappa shape index (κ3) is 3.34. The van der Waals surface area contributed by atoms with Crippen molar-refractivity contribution in [1.29, 1.82) is 0 Å². The van der Waals surface area contributed by atoms with Gasteiger partial charge in [-0.3, -0.25) is 4.90 Å². The average Bonchev–Trinajstić information content (AvgIpc) is 3.09. The third-order valence-corrected chi connectivity index (χ3v) is 7.84. The molecule has 0 amide bonds. The van der Waals surface area contributed by atoms with E-state index in [0.717, 1.165) is 18.8 Å². The van der Waals surface area contributed by atoms with Crippen molar-refractivity contribution in [3.8, 4) is 5.75 Å². The zero-order valence-electron chi connectivity index (χ0n) is 16.0. The van der Waals surface area contributed by atoms with Gasteiger partial charge in [-0.2, -0.15) is 0 Å². The molecule has 0 bridgehead atoms. The second-order valence-electron chi connectivity index (χ2n) is 7.69. The van der Waals surface area contributed by atoms with E-state index in [1.54, 1.807) is 5.56 Å². The fourth-order valence-corrected chi connectivity index (χ4v) is 6.29. The number of rotatable bonds is 4. The van der Waals surface area contributed by atoms with E-state index >= 15 is 0 Å². The molecule has 1 fully saturated rings. The van der Waals surface area contributed by atoms with Gasteiger partial charge in [0.1, 0.15) is 12.5 Å². The molecule has 1 atom stereocenters. The van der Waals surface area contributed by atoms with Crippen LogP contribution in [0, 0.1) is 0 Å². The maximum absolute atomic E-state index is 5.98. The Balaban J connectivity index is 1.31. The molecule has 1 unspecified atom stereocenters. The summed E-state index contributed by atoms with van der Waals surface area (Å²) in [6.07, 6.45) is 2.35. The first-order chi connectivity index (χ1) is 13.8. The SMILES string of the molecule is c1ccc(OCN2CCC3(CC2)SC(c2ccccc2)c2ccccc23)cc1. The van der Waals surface area contributed by atoms with Gasteiger partial charge in [0.25, 0.3) is 0 Å². The molecule has 3 heteroatoms. The Hall–Kier alpha value is -2.23. The highest BCUT2D eigenvalue weighted by atomic mass is 32.2. The molecule has 2 aliphatic rings. The molecule has 0 saturated carbocycles. The maximum atomic E-state index is 5.98. The number of likely N-dealkylation sites (tertiary alicyclic amines) is 1. The van der Waals surface area contributed by atoms with Crippen LogP contribution in [0.3, 0.4) is 0 Å². The van der Waals surface area contributed by atoms with E-state index in [1.807, 2.05) is 30.3 Å². The summed E-state index contributed by atoms with van der Waals surface area (Å²) in [5.74, 6) is 0.951. The number of hydrogen-bond donors (Lipinski definition) is 0. The molecule has 1 spiro atoms. The molecule has 3 aromatic rings. The van der Waals surface area contributed by atoms with Gasteiger partial charge in [-0.25, -0.2) is 0 Å². The molecule has 0 aromatic heterocycles. The summed E-state index contributed by atoms with van der Waals surface area (Å²) < 4.78 is 6.21. The van der Waals surface area contributed by atoms with Crippen LogP contribution in [0.2, 0.25) is 0 Å². The predicted molar refractivity (Wildman–Crippen MR) is 117 cm³/mol. The molecule has 2 heterocycles. The minimum Gasteiger partial charge on any atom is -0.478 e. The molecule has 5 rings (SSSR count). The summed E-state index contributed by atoms with van der Waals surface area (Å²) in [7, 11) is 0. The number of benzene rings is 3. The lowest BCUT2D eigenvalue weighted by molar-refractivity contribution is 0.0951. The van der Waals surface area contributed by atoms with Crippen LogP contribution in [0.1, 0.15) is 34.8 Å². The van der Waals surface area contributed by atoms with Gasteiger partial charge < -0.3 is 4.74 Å². The minimum absolute atomic E-state index is 0.236. The van der Waals surface area contributed by atoms with E-state index in [0.29, 0.717) is 12.0 Å². The highest BCUT2D eigenvalue weighted by molar-refractivity contribution is 8.01. The number of fused-ring (bicyclic) bond motifs is 2. The lowest BCUT2D eigenvalue weighted by Crippen LogP contribution is -2.41. The average molecular weight is 388 g/mol. The quantitative estimate of drug-likeness (QED) is 0.557. The summed E-state index contributed by atoms with van der Waals surface area (Å²) in [6.45, 7) is 2.83. The Morgan fingerprint density at radius 2 is 1.46 bits per heavy atom. The van der Waals surface area contributed by atoms with Crippen molar-refractivity contribution in [3.05, 3.63) is 102 Å². The van der Waals surface area contributed by atoms with Crippen LogP contribution in [0.25, 0.3) is 0 Å². The number of hydrogen-bond acceptors (Lipinski definition) is 3. The summed E-state index contributed by atoms with van der Waals surface area (Å²) in [5, 5.41) is 0.449. The van der Waals surface area contributed by atoms with E-state index in [1.165, 1.54) is 24.0 Å². The van der Waals surface area contributed by atoms with Gasteiger partial charge in [0.2, 0.25) is 0 Å². The van der Waals surface area contributed by atoms with E-state index in [9.17, 15) is 0 Å². The molecule has 1 saturated heterocycles. The van der Waals surface area contributed by atoms with Gasteiger partial charge >= 0.3 is 0 Å². The number of para-hydroxylation sites is 1. The topological polar surface area (TPSA) is 12.5 Å². The van der Waals surface area contributed by atoms with Gasteiger partial charge in [0.05, 0.1) is 5.25 Å². The van der Waals surface area contributed by atoms with Crippen molar-refractivity contribution in [2.75, 3.05) is 19.8 Å². The van der Waals surface area contributed by atoms with E-state index in [2.05, 4.69) is 71.3 Å². The second-order valence-corrected chi connectivity index (χ2v) is 9.18. The van der Waals surface area contributed by atoms with Crippen molar-refractivity contribution < 1.29 is 4.74 Å². The first-order valence-corrected chi connectivity index (χ1v) is 10.9. The molecule has 3 aromatic carbocycles. The van der Waals surface area contributed by atoms with Crippen LogP contribution in [0.5, 0.6) is 5.75 Å². The van der Waals surface area contributed by atoms with Gasteiger partial charge in [0.15, 0.2) is 0 Å². The van der Waals surface area contributed by atoms with Crippen molar-refractivity contribution in [2.24, 2.45) is 0 Å². The lowest BCUT2D eigenvalue weighted by Gasteiger charge is -2.39. The van der Waals surface area contributed by atoms with Gasteiger partial charge in [-0.05, 0) is 41.7 Å². The molecule has 2 nitrogen and oxygen atoms in total. The zero-order chi connectivity index (χ0) is 18.8. The summed E-state index contributed by atoms with van der Waals surface area (Å²) >= 11 is 2.16. The van der Waals surface area contributed by atoms with Crippen LogP contribution in [-0.4, -0.2) is 24.7 Å². The van der Waals surface area contributed by atoms with Gasteiger partial charge in [-0.1, -0.05) is 72.8 Å². The molecular formula is C25H25NOS. The van der Waals surface area contributed by atoms with E-state index < -0.39 is 0 Å². The van der Waals surface area contributed by atoms with Crippen LogP contribution in [-0.2, 0) is 4.75 Å². The molecular weight excluding hydrogens is 362 g/mol. The predicted octanol–water partition coefficient (Wildman–Crippen LogP) is 5.85. The largest absolute Gasteiger partial charge is 0.478 e. The van der Waals surface area contributed by atoms with E-state index in [4.69, 9.17) is 4.74 Å². The Morgan fingerprint density at radius 1 is 0.821 bits per heavy atom. The Labute approximate surface area is 171 Å². The number of ether oxygens (including phenoxy) is 1. The summed E-state index contributed by atoms with van der Waals surface area (Å²) in [4.78, 5) is 2.44. The van der Waals surface area contributed by atoms with Crippen LogP contribution in [0.15, 0.2) is 84.9 Å². The number of piperidine rings is 1. The Morgan fingerprint density at radius 3 is 2.21 bits per heavy atom. The van der Waals surface area contributed by atoms with Crippen molar-refractivity contribution >= 4 is 11.8 Å². The molecule has 2 aliphatic heterocycles. The molecule has 28 heavy (non-hydrogen) atoms. The molecule has 0 radical (unpaired) electrons. The third-order valence-electron chi connectivity index (χ3n) is 6.00. The second kappa shape index (κ2) is 7.65. The Bertz CT molecular complexity index is 920. The van der Waals surface area contributed by atoms with Crippen molar-refractivity contribution in [1.82, 2.24) is 4.90 Å². The number of thioether (sulfide) groups is 1. The van der Waals surface area contributed by atoms with E-state index in [-0.39, 0.29) is 4.75 Å². The molecule has 0 N–H and O–H groups in total. The highest BCUT2D eigenvalue weighted by Gasteiger charge is 2.46. The molecule has 0 aliphatic carbocycles. The normalized spacial score (nSPS) is 20.8. The Kier molecular flexibility index (Phi) is 4.87. The number of nitrogens with zero attached hydrogens (tertiary/aromatic N) is 1. The first-order valence-electron chi connectivity index (χ1n) is 10.1. The summed E-state index contributed by atoms with van der Waals surface area (Å²) in [6, 6.07) is 30.2. The van der Waals surface area contributed by atoms with Crippen LogP contribution >= 0.6 is 11.8 Å². The highest BCUT2D eigenvalue weighted by Crippen LogP contribution is 2.61. The van der Waals surface area contributed by atoms with Crippen molar-refractivity contribution in [2.45, 2.75) is 22.8 Å². The van der Waals surface area contributed by atoms with Crippen molar-refractivity contribution in [3.63, 3.8) is 0 Å². The summed E-state index contributed by atoms with van der Waals surface area (Å²) in [5.41, 5.74) is 4.48. The monoisotopic (exact) mass is 387 g/mol. The zero-order valence-corrected chi connectivity index (χ0v) is 16.8. The fourth-order valence-electron chi connectivity index (χ4n) is 4.48. The standard InChI is InChI=1S/C25H25NOS/c1-3-9-20(10-4-1)24-22-13-7-8-14-23(22)25(28-24)15-17-26(18-16-25)19-27-21-11-5-2-6-12-21/h1-14,24H,15-19H2. The van der Waals surface area contributed by atoms with Crippen LogP contribution in [0.4, 0.5) is 0 Å².